The summed E-state index contributed by atoms with van der Waals surface area (Å²) in [5, 5.41) is 0. The second-order valence-electron chi connectivity index (χ2n) is 6.61. The van der Waals surface area contributed by atoms with E-state index in [1.54, 1.807) is 19.9 Å². The third-order valence-electron chi connectivity index (χ3n) is 4.50. The van der Waals surface area contributed by atoms with Crippen molar-refractivity contribution in [3.05, 3.63) is 53.3 Å². The van der Waals surface area contributed by atoms with Crippen molar-refractivity contribution in [2.45, 2.75) is 31.6 Å². The Hall–Kier alpha value is -2.13. The summed E-state index contributed by atoms with van der Waals surface area (Å²) in [5.41, 5.74) is 1.75. The molecule has 146 valence electrons. The molecule has 0 saturated carbocycles. The highest BCUT2D eigenvalue weighted by Gasteiger charge is 2.28. The molecule has 27 heavy (non-hydrogen) atoms. The summed E-state index contributed by atoms with van der Waals surface area (Å²) >= 11 is 0. The molecule has 6 nitrogen and oxygen atoms in total. The van der Waals surface area contributed by atoms with Crippen LogP contribution in [0.15, 0.2) is 41.3 Å². The molecule has 0 amide bonds. The van der Waals surface area contributed by atoms with Gasteiger partial charge in [-0.1, -0.05) is 0 Å². The van der Waals surface area contributed by atoms with Gasteiger partial charge < -0.3 is 0 Å². The summed E-state index contributed by atoms with van der Waals surface area (Å²) in [7, 11) is -7.28. The van der Waals surface area contributed by atoms with Crippen LogP contribution in [-0.2, 0) is 20.0 Å². The summed E-state index contributed by atoms with van der Waals surface area (Å²) in [6, 6.07) is 8.08. The number of nitrogens with one attached hydrogen (secondary N) is 1. The third-order valence-corrected chi connectivity index (χ3v) is 7.88. The molecule has 1 fully saturated rings. The number of aryl methyl sites for hydroxylation is 2. The van der Waals surface area contributed by atoms with Gasteiger partial charge in [-0.3, -0.25) is 9.03 Å². The van der Waals surface area contributed by atoms with Gasteiger partial charge in [0.05, 0.1) is 16.3 Å². The Labute approximate surface area is 159 Å². The van der Waals surface area contributed by atoms with Gasteiger partial charge in [0.2, 0.25) is 10.0 Å². The van der Waals surface area contributed by atoms with E-state index < -0.39 is 25.9 Å². The van der Waals surface area contributed by atoms with E-state index in [1.165, 1.54) is 34.6 Å². The van der Waals surface area contributed by atoms with Gasteiger partial charge >= 0.3 is 0 Å². The molecular formula is C18H21FN2O4S2. The van der Waals surface area contributed by atoms with Crippen LogP contribution >= 0.6 is 0 Å². The minimum absolute atomic E-state index is 0.0579. The Morgan fingerprint density at radius 1 is 1.04 bits per heavy atom. The van der Waals surface area contributed by atoms with Crippen LogP contribution in [0, 0.1) is 19.7 Å². The van der Waals surface area contributed by atoms with Crippen LogP contribution in [0.4, 0.5) is 15.8 Å². The van der Waals surface area contributed by atoms with E-state index in [0.29, 0.717) is 29.8 Å². The molecule has 9 heteroatoms. The molecule has 0 radical (unpaired) electrons. The second kappa shape index (κ2) is 7.12. The zero-order valence-corrected chi connectivity index (χ0v) is 16.7. The molecule has 1 heterocycles. The number of nitrogens with zero attached hydrogens (tertiary/aromatic N) is 1. The smallest absolute Gasteiger partial charge is 0.262 e. The summed E-state index contributed by atoms with van der Waals surface area (Å²) in [4.78, 5) is 0.0579. The van der Waals surface area contributed by atoms with Crippen molar-refractivity contribution in [1.29, 1.82) is 0 Å². The average Bonchev–Trinajstić information content (AvgIpc) is 2.58. The van der Waals surface area contributed by atoms with E-state index in [4.69, 9.17) is 0 Å². The Kier molecular flexibility index (Phi) is 5.18. The highest BCUT2D eigenvalue weighted by atomic mass is 32.2. The number of rotatable bonds is 4. The van der Waals surface area contributed by atoms with Crippen molar-refractivity contribution in [3.63, 3.8) is 0 Å². The van der Waals surface area contributed by atoms with Crippen molar-refractivity contribution >= 4 is 31.4 Å². The molecular weight excluding hydrogens is 391 g/mol. The minimum Gasteiger partial charge on any atom is -0.280 e. The van der Waals surface area contributed by atoms with Gasteiger partial charge in [0, 0.05) is 12.2 Å². The molecule has 0 aliphatic carbocycles. The summed E-state index contributed by atoms with van der Waals surface area (Å²) in [5.74, 6) is -0.366. The normalized spacial score (nSPS) is 16.9. The number of sulfonamides is 2. The average molecular weight is 413 g/mol. The molecule has 0 bridgehead atoms. The number of hydrogen-bond acceptors (Lipinski definition) is 4. The first-order chi connectivity index (χ1) is 12.6. The topological polar surface area (TPSA) is 83.6 Å². The van der Waals surface area contributed by atoms with Crippen LogP contribution in [0.1, 0.15) is 24.0 Å². The van der Waals surface area contributed by atoms with Gasteiger partial charge in [-0.2, -0.15) is 0 Å². The largest absolute Gasteiger partial charge is 0.280 e. The molecule has 2 aromatic carbocycles. The fourth-order valence-corrected chi connectivity index (χ4v) is 6.18. The van der Waals surface area contributed by atoms with E-state index in [0.717, 1.165) is 6.42 Å². The lowest BCUT2D eigenvalue weighted by Crippen LogP contribution is -2.38. The summed E-state index contributed by atoms with van der Waals surface area (Å²) in [6.07, 6.45) is 1.40. The van der Waals surface area contributed by atoms with Crippen molar-refractivity contribution < 1.29 is 21.2 Å². The molecule has 0 atom stereocenters. The fourth-order valence-electron chi connectivity index (χ4n) is 3.12. The highest BCUT2D eigenvalue weighted by Crippen LogP contribution is 2.31. The van der Waals surface area contributed by atoms with Gasteiger partial charge in [-0.05, 0) is 74.2 Å². The molecule has 0 aromatic heterocycles. The van der Waals surface area contributed by atoms with E-state index in [9.17, 15) is 21.2 Å². The zero-order chi connectivity index (χ0) is 19.8. The maximum atomic E-state index is 13.0. The number of benzene rings is 2. The third kappa shape index (κ3) is 4.08. The molecule has 0 spiro atoms. The van der Waals surface area contributed by atoms with Crippen LogP contribution in [0.25, 0.3) is 0 Å². The Morgan fingerprint density at radius 3 is 2.33 bits per heavy atom. The Bertz CT molecular complexity index is 1070. The SMILES string of the molecule is Cc1cc(S(=O)(=O)Nc2ccc(F)cc2)c(C)cc1N1CCCCS1(=O)=O. The van der Waals surface area contributed by atoms with Crippen molar-refractivity contribution in [1.82, 2.24) is 0 Å². The van der Waals surface area contributed by atoms with Gasteiger partial charge in [-0.15, -0.1) is 0 Å². The van der Waals surface area contributed by atoms with Crippen LogP contribution < -0.4 is 9.03 Å². The van der Waals surface area contributed by atoms with Gasteiger partial charge in [0.1, 0.15) is 5.82 Å². The summed E-state index contributed by atoms with van der Waals surface area (Å²) < 4.78 is 67.0. The molecule has 3 rings (SSSR count). The van der Waals surface area contributed by atoms with E-state index in [2.05, 4.69) is 4.72 Å². The number of halogens is 1. The van der Waals surface area contributed by atoms with Crippen LogP contribution in [0.3, 0.4) is 0 Å². The first kappa shape index (κ1) is 19.6. The van der Waals surface area contributed by atoms with Crippen molar-refractivity contribution in [2.24, 2.45) is 0 Å². The van der Waals surface area contributed by atoms with Gasteiger partial charge in [0.15, 0.2) is 0 Å². The summed E-state index contributed by atoms with van der Waals surface area (Å²) in [6.45, 7) is 3.71. The molecule has 1 saturated heterocycles. The van der Waals surface area contributed by atoms with Crippen molar-refractivity contribution in [3.8, 4) is 0 Å². The first-order valence-corrected chi connectivity index (χ1v) is 11.6. The standard InChI is InChI=1S/C18H21FN2O4S2/c1-13-12-18(27(24,25)20-16-7-5-15(19)6-8-16)14(2)11-17(13)21-9-3-4-10-26(21,22)23/h5-8,11-12,20H,3-4,9-10H2,1-2H3. The molecule has 0 unspecified atom stereocenters. The minimum atomic E-state index is -3.90. The lowest BCUT2D eigenvalue weighted by atomic mass is 10.1. The van der Waals surface area contributed by atoms with Crippen molar-refractivity contribution in [2.75, 3.05) is 21.3 Å². The molecule has 1 N–H and O–H groups in total. The zero-order valence-electron chi connectivity index (χ0n) is 15.1. The monoisotopic (exact) mass is 412 g/mol. The lowest BCUT2D eigenvalue weighted by Gasteiger charge is -2.30. The van der Waals surface area contributed by atoms with Crippen LogP contribution in [-0.4, -0.2) is 29.1 Å². The van der Waals surface area contributed by atoms with E-state index in [-0.39, 0.29) is 16.3 Å². The number of anilines is 2. The highest BCUT2D eigenvalue weighted by molar-refractivity contribution is 7.93. The fraction of sp³-hybridized carbons (Fsp3) is 0.333. The van der Waals surface area contributed by atoms with Gasteiger partial charge in [-0.25, -0.2) is 21.2 Å². The quantitative estimate of drug-likeness (QED) is 0.836. The first-order valence-electron chi connectivity index (χ1n) is 8.50. The van der Waals surface area contributed by atoms with Gasteiger partial charge in [0.25, 0.3) is 10.0 Å². The molecule has 1 aliphatic heterocycles. The Morgan fingerprint density at radius 2 is 1.70 bits per heavy atom. The molecule has 2 aromatic rings. The second-order valence-corrected chi connectivity index (χ2v) is 10.3. The maximum Gasteiger partial charge on any atom is 0.262 e. The predicted molar refractivity (Wildman–Crippen MR) is 103 cm³/mol. The lowest BCUT2D eigenvalue weighted by molar-refractivity contribution is 0.574. The van der Waals surface area contributed by atoms with E-state index >= 15 is 0 Å². The van der Waals surface area contributed by atoms with E-state index in [1.807, 2.05) is 0 Å². The Balaban J connectivity index is 1.98. The maximum absolute atomic E-state index is 13.0. The molecule has 1 aliphatic rings. The predicted octanol–water partition coefficient (Wildman–Crippen LogP) is 3.17. The van der Waals surface area contributed by atoms with Crippen LogP contribution in [0.5, 0.6) is 0 Å². The van der Waals surface area contributed by atoms with Crippen LogP contribution in [0.2, 0.25) is 0 Å². The number of hydrogen-bond donors (Lipinski definition) is 1.